The third-order valence-electron chi connectivity index (χ3n) is 5.00. The van der Waals surface area contributed by atoms with Crippen LogP contribution in [-0.2, 0) is 0 Å². The Labute approximate surface area is 124 Å². The lowest BCUT2D eigenvalue weighted by atomic mass is 9.76. The zero-order valence-electron chi connectivity index (χ0n) is 13.5. The van der Waals surface area contributed by atoms with Crippen LogP contribution in [0.3, 0.4) is 0 Å². The van der Waals surface area contributed by atoms with E-state index in [-0.39, 0.29) is 0 Å². The minimum Gasteiger partial charge on any atom is -0.378 e. The Bertz CT molecular complexity index is 406. The first-order chi connectivity index (χ1) is 9.65. The number of benzene rings is 1. The van der Waals surface area contributed by atoms with Crippen molar-refractivity contribution >= 4 is 5.69 Å². The van der Waals surface area contributed by atoms with Crippen LogP contribution in [0.1, 0.15) is 50.6 Å². The summed E-state index contributed by atoms with van der Waals surface area (Å²) in [5.74, 6) is 1.76. The molecule has 0 amide bonds. The van der Waals surface area contributed by atoms with E-state index in [0.717, 1.165) is 11.8 Å². The van der Waals surface area contributed by atoms with Gasteiger partial charge in [-0.3, -0.25) is 0 Å². The highest BCUT2D eigenvalue weighted by molar-refractivity contribution is 5.48. The molecule has 0 spiro atoms. The molecule has 0 heterocycles. The Morgan fingerprint density at radius 2 is 1.90 bits per heavy atom. The highest BCUT2D eigenvalue weighted by atomic mass is 15.1. The molecule has 0 bridgehead atoms. The highest BCUT2D eigenvalue weighted by Crippen LogP contribution is 2.38. The van der Waals surface area contributed by atoms with Crippen LogP contribution in [0.15, 0.2) is 24.3 Å². The molecule has 20 heavy (non-hydrogen) atoms. The molecule has 1 aliphatic carbocycles. The Balaban J connectivity index is 2.10. The van der Waals surface area contributed by atoms with Crippen LogP contribution in [0.4, 0.5) is 5.69 Å². The van der Waals surface area contributed by atoms with Gasteiger partial charge in [-0.2, -0.15) is 0 Å². The van der Waals surface area contributed by atoms with Crippen molar-refractivity contribution in [1.82, 2.24) is 5.32 Å². The van der Waals surface area contributed by atoms with Crippen LogP contribution in [0.25, 0.3) is 0 Å². The Kier molecular flexibility index (Phi) is 5.47. The van der Waals surface area contributed by atoms with Crippen molar-refractivity contribution in [1.29, 1.82) is 0 Å². The molecule has 112 valence electrons. The number of anilines is 1. The summed E-state index contributed by atoms with van der Waals surface area (Å²) in [6.45, 7) is 2.33. The fraction of sp³-hybridized carbons (Fsp3) is 0.667. The summed E-state index contributed by atoms with van der Waals surface area (Å²) in [4.78, 5) is 2.18. The molecule has 1 aromatic rings. The second-order valence-corrected chi connectivity index (χ2v) is 6.44. The summed E-state index contributed by atoms with van der Waals surface area (Å²) in [5.41, 5.74) is 2.74. The van der Waals surface area contributed by atoms with Crippen molar-refractivity contribution in [3.05, 3.63) is 29.8 Å². The molecule has 0 aliphatic heterocycles. The lowest BCUT2D eigenvalue weighted by molar-refractivity contribution is 0.224. The minimum absolute atomic E-state index is 0.507. The van der Waals surface area contributed by atoms with Gasteiger partial charge in [0.15, 0.2) is 0 Å². The fourth-order valence-corrected chi connectivity index (χ4v) is 3.60. The number of rotatable bonds is 5. The van der Waals surface area contributed by atoms with Gasteiger partial charge in [0.2, 0.25) is 0 Å². The topological polar surface area (TPSA) is 15.3 Å². The van der Waals surface area contributed by atoms with E-state index < -0.39 is 0 Å². The number of nitrogens with zero attached hydrogens (tertiary/aromatic N) is 1. The van der Waals surface area contributed by atoms with Gasteiger partial charge in [-0.15, -0.1) is 0 Å². The average molecular weight is 274 g/mol. The smallest absolute Gasteiger partial charge is 0.0364 e. The third-order valence-corrected chi connectivity index (χ3v) is 5.00. The van der Waals surface area contributed by atoms with Crippen LogP contribution in [0.5, 0.6) is 0 Å². The van der Waals surface area contributed by atoms with E-state index in [1.807, 2.05) is 0 Å². The minimum atomic E-state index is 0.507. The zero-order chi connectivity index (χ0) is 14.5. The molecule has 2 rings (SSSR count). The van der Waals surface area contributed by atoms with E-state index in [1.165, 1.54) is 43.4 Å². The fourth-order valence-electron chi connectivity index (χ4n) is 3.60. The molecule has 0 radical (unpaired) electrons. The number of hydrogen-bond donors (Lipinski definition) is 1. The van der Waals surface area contributed by atoms with Crippen LogP contribution in [0.2, 0.25) is 0 Å². The first kappa shape index (κ1) is 15.4. The van der Waals surface area contributed by atoms with Crippen molar-refractivity contribution in [3.8, 4) is 0 Å². The largest absolute Gasteiger partial charge is 0.378 e. The van der Waals surface area contributed by atoms with Crippen LogP contribution in [-0.4, -0.2) is 21.1 Å². The summed E-state index contributed by atoms with van der Waals surface area (Å²) >= 11 is 0. The maximum atomic E-state index is 3.57. The monoisotopic (exact) mass is 274 g/mol. The number of hydrogen-bond acceptors (Lipinski definition) is 2. The molecule has 2 nitrogen and oxygen atoms in total. The summed E-state index contributed by atoms with van der Waals surface area (Å²) in [7, 11) is 6.33. The lowest BCUT2D eigenvalue weighted by Crippen LogP contribution is -2.28. The lowest BCUT2D eigenvalue weighted by Gasteiger charge is -2.34. The maximum Gasteiger partial charge on any atom is 0.0364 e. The first-order valence-corrected chi connectivity index (χ1v) is 8.10. The van der Waals surface area contributed by atoms with E-state index in [0.29, 0.717) is 6.04 Å². The van der Waals surface area contributed by atoms with Gasteiger partial charge in [-0.05, 0) is 49.4 Å². The molecule has 1 atom stereocenters. The molecular formula is C18H30N2. The molecule has 1 fully saturated rings. The zero-order valence-corrected chi connectivity index (χ0v) is 13.5. The van der Waals surface area contributed by atoms with Crippen molar-refractivity contribution in [2.24, 2.45) is 11.8 Å². The molecule has 1 N–H and O–H groups in total. The van der Waals surface area contributed by atoms with E-state index in [1.54, 1.807) is 0 Å². The molecule has 1 aromatic carbocycles. The van der Waals surface area contributed by atoms with Gasteiger partial charge < -0.3 is 10.2 Å². The van der Waals surface area contributed by atoms with Crippen LogP contribution < -0.4 is 10.2 Å². The van der Waals surface area contributed by atoms with Crippen LogP contribution >= 0.6 is 0 Å². The van der Waals surface area contributed by atoms with Gasteiger partial charge in [0.1, 0.15) is 0 Å². The average Bonchev–Trinajstić information content (AvgIpc) is 2.49. The second-order valence-electron chi connectivity index (χ2n) is 6.44. The van der Waals surface area contributed by atoms with Crippen molar-refractivity contribution in [2.75, 3.05) is 26.0 Å². The Hall–Kier alpha value is -1.02. The van der Waals surface area contributed by atoms with Gasteiger partial charge in [-0.1, -0.05) is 38.3 Å². The number of nitrogens with one attached hydrogen (secondary N) is 1. The standard InChI is InChI=1S/C18H30N2/c1-5-14-9-11-15(12-10-14)18(19-2)16-7-6-8-17(13-16)20(3)4/h6-8,13-15,18-19H,5,9-12H2,1-4H3. The molecular weight excluding hydrogens is 244 g/mol. The molecule has 0 saturated heterocycles. The third kappa shape index (κ3) is 3.54. The normalized spacial score (nSPS) is 24.4. The van der Waals surface area contributed by atoms with Crippen LogP contribution in [0, 0.1) is 11.8 Å². The molecule has 1 aliphatic rings. The summed E-state index contributed by atoms with van der Waals surface area (Å²) in [5, 5.41) is 3.57. The van der Waals surface area contributed by atoms with Gasteiger partial charge in [0, 0.05) is 25.8 Å². The predicted molar refractivity (Wildman–Crippen MR) is 88.3 cm³/mol. The molecule has 2 heteroatoms. The maximum absolute atomic E-state index is 3.57. The van der Waals surface area contributed by atoms with Crippen molar-refractivity contribution < 1.29 is 0 Å². The highest BCUT2D eigenvalue weighted by Gasteiger charge is 2.27. The van der Waals surface area contributed by atoms with E-state index >= 15 is 0 Å². The van der Waals surface area contributed by atoms with Gasteiger partial charge in [0.25, 0.3) is 0 Å². The van der Waals surface area contributed by atoms with E-state index in [9.17, 15) is 0 Å². The quantitative estimate of drug-likeness (QED) is 0.864. The van der Waals surface area contributed by atoms with Crippen molar-refractivity contribution in [3.63, 3.8) is 0 Å². The predicted octanol–water partition coefficient (Wildman–Crippen LogP) is 4.23. The summed E-state index contributed by atoms with van der Waals surface area (Å²) in [6.07, 6.45) is 6.92. The van der Waals surface area contributed by atoms with Crippen molar-refractivity contribution in [2.45, 2.75) is 45.1 Å². The van der Waals surface area contributed by atoms with E-state index in [2.05, 4.69) is 62.5 Å². The SMILES string of the molecule is CCC1CCC(C(NC)c2cccc(N(C)C)c2)CC1. The summed E-state index contributed by atoms with van der Waals surface area (Å²) in [6, 6.07) is 9.50. The molecule has 1 saturated carbocycles. The first-order valence-electron chi connectivity index (χ1n) is 8.10. The second kappa shape index (κ2) is 7.12. The summed E-state index contributed by atoms with van der Waals surface area (Å²) < 4.78 is 0. The molecule has 0 aromatic heterocycles. The van der Waals surface area contributed by atoms with Gasteiger partial charge in [0.05, 0.1) is 0 Å². The van der Waals surface area contributed by atoms with Gasteiger partial charge in [-0.25, -0.2) is 0 Å². The molecule has 1 unspecified atom stereocenters. The Morgan fingerprint density at radius 3 is 2.45 bits per heavy atom. The van der Waals surface area contributed by atoms with E-state index in [4.69, 9.17) is 0 Å². The Morgan fingerprint density at radius 1 is 1.20 bits per heavy atom. The van der Waals surface area contributed by atoms with Gasteiger partial charge >= 0.3 is 0 Å².